The molecular formula is C48H34N4S2. The third kappa shape index (κ3) is 6.96. The summed E-state index contributed by atoms with van der Waals surface area (Å²) in [6, 6.07) is 68.2. The lowest BCUT2D eigenvalue weighted by atomic mass is 10.00. The molecule has 4 nitrogen and oxygen atoms in total. The number of nitrogens with zero attached hydrogens (tertiary/aromatic N) is 4. The predicted molar refractivity (Wildman–Crippen MR) is 229 cm³/mol. The molecule has 0 radical (unpaired) electrons. The summed E-state index contributed by atoms with van der Waals surface area (Å²) in [7, 11) is 0. The molecule has 0 spiro atoms. The first kappa shape index (κ1) is 33.3. The van der Waals surface area contributed by atoms with E-state index in [2.05, 4.69) is 180 Å². The number of aromatic nitrogens is 2. The van der Waals surface area contributed by atoms with Gasteiger partial charge in [-0.25, -0.2) is 9.97 Å². The highest BCUT2D eigenvalue weighted by Crippen LogP contribution is 2.43. The first-order chi connectivity index (χ1) is 26.8. The third-order valence-corrected chi connectivity index (χ3v) is 11.5. The Morgan fingerprint density at radius 1 is 0.296 bits per heavy atom. The largest absolute Gasteiger partial charge is 0.286 e. The van der Waals surface area contributed by atoms with Gasteiger partial charge in [-0.15, -0.1) is 22.7 Å². The number of hydrogen-bond acceptors (Lipinski definition) is 6. The van der Waals surface area contributed by atoms with Crippen LogP contribution in [0.25, 0.3) is 43.1 Å². The first-order valence-electron chi connectivity index (χ1n) is 17.8. The molecule has 0 amide bonds. The summed E-state index contributed by atoms with van der Waals surface area (Å²) in [5, 5.41) is 2.23. The Labute approximate surface area is 323 Å². The minimum absolute atomic E-state index is 0.887. The molecule has 9 aromatic rings. The van der Waals surface area contributed by atoms with Gasteiger partial charge in [0.05, 0.1) is 0 Å². The Morgan fingerprint density at radius 2 is 0.648 bits per heavy atom. The molecule has 54 heavy (non-hydrogen) atoms. The fraction of sp³-hybridized carbons (Fsp3) is 0. The minimum Gasteiger partial charge on any atom is -0.286 e. The summed E-state index contributed by atoms with van der Waals surface area (Å²) in [5.41, 5.74) is 9.22. The number of hydrogen-bond donors (Lipinski definition) is 0. The molecule has 6 heteroatoms. The van der Waals surface area contributed by atoms with E-state index in [1.54, 1.807) is 22.7 Å². The molecule has 0 bridgehead atoms. The van der Waals surface area contributed by atoms with E-state index in [9.17, 15) is 0 Å². The molecule has 258 valence electrons. The van der Waals surface area contributed by atoms with Crippen molar-refractivity contribution < 1.29 is 0 Å². The van der Waals surface area contributed by atoms with Gasteiger partial charge >= 0.3 is 0 Å². The number of thiophene rings is 2. The van der Waals surface area contributed by atoms with Crippen molar-refractivity contribution >= 4 is 55.7 Å². The van der Waals surface area contributed by atoms with Crippen LogP contribution in [0, 0.1) is 0 Å². The van der Waals surface area contributed by atoms with Gasteiger partial charge in [-0.1, -0.05) is 121 Å². The van der Waals surface area contributed by atoms with Crippen molar-refractivity contribution in [2.45, 2.75) is 0 Å². The monoisotopic (exact) mass is 730 g/mol. The lowest BCUT2D eigenvalue weighted by Crippen LogP contribution is -2.09. The van der Waals surface area contributed by atoms with Gasteiger partial charge in [0.25, 0.3) is 0 Å². The second kappa shape index (κ2) is 15.2. The van der Waals surface area contributed by atoms with Crippen LogP contribution in [0.2, 0.25) is 0 Å². The van der Waals surface area contributed by atoms with Crippen molar-refractivity contribution in [2.75, 3.05) is 9.80 Å². The maximum atomic E-state index is 4.72. The Kier molecular flexibility index (Phi) is 9.34. The summed E-state index contributed by atoms with van der Waals surface area (Å²) in [6.07, 6.45) is 3.69. The fourth-order valence-electron chi connectivity index (χ4n) is 6.59. The highest BCUT2D eigenvalue weighted by molar-refractivity contribution is 7.19. The van der Waals surface area contributed by atoms with E-state index >= 15 is 0 Å². The number of benzene rings is 5. The van der Waals surface area contributed by atoms with Crippen molar-refractivity contribution in [2.24, 2.45) is 0 Å². The highest BCUT2D eigenvalue weighted by Gasteiger charge is 2.18. The zero-order valence-corrected chi connectivity index (χ0v) is 30.9. The molecule has 4 heterocycles. The molecule has 0 aliphatic carbocycles. The van der Waals surface area contributed by atoms with E-state index in [4.69, 9.17) is 9.97 Å². The normalized spacial score (nSPS) is 11.0. The van der Waals surface area contributed by atoms with Crippen molar-refractivity contribution in [1.29, 1.82) is 0 Å². The maximum Gasteiger partial charge on any atom is 0.138 e. The van der Waals surface area contributed by atoms with Crippen LogP contribution in [0.5, 0.6) is 0 Å². The van der Waals surface area contributed by atoms with Gasteiger partial charge < -0.3 is 0 Å². The van der Waals surface area contributed by atoms with Gasteiger partial charge in [-0.05, 0) is 106 Å². The van der Waals surface area contributed by atoms with Crippen LogP contribution in [0.15, 0.2) is 207 Å². The van der Waals surface area contributed by atoms with Gasteiger partial charge in [-0.3, -0.25) is 9.80 Å². The molecule has 0 aliphatic rings. The quantitative estimate of drug-likeness (QED) is 0.140. The average molecular weight is 731 g/mol. The summed E-state index contributed by atoms with van der Waals surface area (Å²) in [5.74, 6) is 1.77. The van der Waals surface area contributed by atoms with Gasteiger partial charge in [0.1, 0.15) is 21.6 Å². The Morgan fingerprint density at radius 3 is 1.00 bits per heavy atom. The summed E-state index contributed by atoms with van der Waals surface area (Å²) < 4.78 is 0. The van der Waals surface area contributed by atoms with Crippen LogP contribution < -0.4 is 9.80 Å². The van der Waals surface area contributed by atoms with Crippen molar-refractivity contribution in [1.82, 2.24) is 9.97 Å². The van der Waals surface area contributed by atoms with E-state index in [0.29, 0.717) is 0 Å². The van der Waals surface area contributed by atoms with Crippen molar-refractivity contribution in [3.63, 3.8) is 0 Å². The summed E-state index contributed by atoms with van der Waals surface area (Å²) in [6.45, 7) is 0. The molecule has 0 fully saturated rings. The van der Waals surface area contributed by atoms with E-state index in [0.717, 1.165) is 44.1 Å². The smallest absolute Gasteiger partial charge is 0.138 e. The van der Waals surface area contributed by atoms with Crippen molar-refractivity contribution in [3.8, 4) is 43.1 Å². The van der Waals surface area contributed by atoms with Crippen LogP contribution in [-0.4, -0.2) is 9.97 Å². The Bertz CT molecular complexity index is 2380. The van der Waals surface area contributed by atoms with Crippen LogP contribution in [0.1, 0.15) is 0 Å². The van der Waals surface area contributed by atoms with Gasteiger partial charge in [-0.2, -0.15) is 0 Å². The molecule has 0 aliphatic heterocycles. The maximum absolute atomic E-state index is 4.72. The molecule has 5 aromatic carbocycles. The lowest BCUT2D eigenvalue weighted by molar-refractivity contribution is 1.20. The standard InChI is InChI=1S/C48H34N4S2/c1-3-11-39(12-4-1)43-29-31-47(53-43)51(45-15-7-9-33-49-45)41-25-21-37(22-26-41)35-17-19-36(20-18-35)38-23-27-42(28-24-38)52(46-16-8-10-34-50-46)48-32-30-44(54-48)40-13-5-2-6-14-40/h1-34H. The average Bonchev–Trinajstić information content (AvgIpc) is 3.95. The van der Waals surface area contributed by atoms with Crippen LogP contribution in [-0.2, 0) is 0 Å². The topological polar surface area (TPSA) is 32.3 Å². The molecule has 0 unspecified atom stereocenters. The molecule has 0 saturated heterocycles. The molecule has 0 saturated carbocycles. The Hall–Kier alpha value is -6.60. The van der Waals surface area contributed by atoms with E-state index < -0.39 is 0 Å². The summed E-state index contributed by atoms with van der Waals surface area (Å²) >= 11 is 3.53. The van der Waals surface area contributed by atoms with Crippen LogP contribution in [0.3, 0.4) is 0 Å². The molecule has 0 N–H and O–H groups in total. The van der Waals surface area contributed by atoms with Crippen molar-refractivity contribution in [3.05, 3.63) is 207 Å². The zero-order valence-electron chi connectivity index (χ0n) is 29.2. The molecule has 9 rings (SSSR count). The van der Waals surface area contributed by atoms with Gasteiger partial charge in [0, 0.05) is 33.5 Å². The van der Waals surface area contributed by atoms with E-state index in [1.807, 2.05) is 36.7 Å². The fourth-order valence-corrected chi connectivity index (χ4v) is 8.67. The Balaban J connectivity index is 0.955. The number of anilines is 6. The van der Waals surface area contributed by atoms with E-state index in [1.165, 1.54) is 32.0 Å². The zero-order chi connectivity index (χ0) is 36.1. The van der Waals surface area contributed by atoms with Gasteiger partial charge in [0.15, 0.2) is 0 Å². The van der Waals surface area contributed by atoms with Crippen LogP contribution >= 0.6 is 22.7 Å². The summed E-state index contributed by atoms with van der Waals surface area (Å²) in [4.78, 5) is 16.3. The molecule has 0 atom stereocenters. The van der Waals surface area contributed by atoms with Crippen LogP contribution in [0.4, 0.5) is 33.0 Å². The molecular weight excluding hydrogens is 697 g/mol. The second-order valence-corrected chi connectivity index (χ2v) is 14.9. The first-order valence-corrected chi connectivity index (χ1v) is 19.4. The second-order valence-electron chi connectivity index (χ2n) is 12.7. The number of rotatable bonds is 10. The van der Waals surface area contributed by atoms with E-state index in [-0.39, 0.29) is 0 Å². The third-order valence-electron chi connectivity index (χ3n) is 9.30. The molecule has 4 aromatic heterocycles. The lowest BCUT2D eigenvalue weighted by Gasteiger charge is -2.22. The SMILES string of the molecule is c1ccc(-c2ccc(N(c3ccc(-c4ccc(-c5ccc(N(c6ccccn6)c6ccc(-c7ccccc7)s6)cc5)cc4)cc3)c3ccccn3)s2)cc1. The van der Waals surface area contributed by atoms with Gasteiger partial charge in [0.2, 0.25) is 0 Å². The highest BCUT2D eigenvalue weighted by atomic mass is 32.1. The predicted octanol–water partition coefficient (Wildman–Crippen LogP) is 14.2. The minimum atomic E-state index is 0.887. The number of pyridine rings is 2.